The monoisotopic (exact) mass is 431 g/mol. The van der Waals surface area contributed by atoms with Gasteiger partial charge in [0.15, 0.2) is 0 Å². The van der Waals surface area contributed by atoms with Crippen LogP contribution in [0.15, 0.2) is 30.5 Å². The summed E-state index contributed by atoms with van der Waals surface area (Å²) in [5.74, 6) is 1.17. The van der Waals surface area contributed by atoms with Gasteiger partial charge in [0.2, 0.25) is 11.8 Å². The fourth-order valence-corrected chi connectivity index (χ4v) is 4.49. The number of anilines is 1. The highest BCUT2D eigenvalue weighted by Crippen LogP contribution is 2.32. The van der Waals surface area contributed by atoms with Crippen molar-refractivity contribution in [3.05, 3.63) is 46.1 Å². The summed E-state index contributed by atoms with van der Waals surface area (Å²) in [7, 11) is 0. The van der Waals surface area contributed by atoms with Crippen molar-refractivity contribution in [1.29, 1.82) is 0 Å². The van der Waals surface area contributed by atoms with Crippen LogP contribution in [0.1, 0.15) is 31.7 Å². The van der Waals surface area contributed by atoms with Crippen molar-refractivity contribution in [3.63, 3.8) is 0 Å². The third-order valence-corrected chi connectivity index (χ3v) is 6.17. The van der Waals surface area contributed by atoms with Gasteiger partial charge in [0, 0.05) is 41.3 Å². The van der Waals surface area contributed by atoms with Crippen LogP contribution in [0.5, 0.6) is 0 Å². The molecule has 1 aromatic carbocycles. The van der Waals surface area contributed by atoms with Gasteiger partial charge in [-0.15, -0.1) is 0 Å². The maximum absolute atomic E-state index is 12.8. The van der Waals surface area contributed by atoms with Gasteiger partial charge < -0.3 is 4.90 Å². The third-order valence-electron chi connectivity index (χ3n) is 5.73. The summed E-state index contributed by atoms with van der Waals surface area (Å²) in [6.07, 6.45) is 4.72. The quantitative estimate of drug-likeness (QED) is 0.713. The second-order valence-electron chi connectivity index (χ2n) is 7.91. The molecule has 0 radical (unpaired) electrons. The minimum Gasteiger partial charge on any atom is -0.341 e. The minimum atomic E-state index is -0.0534. The Morgan fingerprint density at radius 2 is 1.76 bits per heavy atom. The predicted molar refractivity (Wildman–Crippen MR) is 115 cm³/mol. The number of carbonyl (C=O) groups is 2. The lowest BCUT2D eigenvalue weighted by atomic mass is 9.98. The average molecular weight is 432 g/mol. The van der Waals surface area contributed by atoms with Gasteiger partial charge in [-0.1, -0.05) is 30.1 Å². The second kappa shape index (κ2) is 8.33. The van der Waals surface area contributed by atoms with Gasteiger partial charge in [0.1, 0.15) is 12.4 Å². The summed E-state index contributed by atoms with van der Waals surface area (Å²) in [6, 6.07) is 7.37. The van der Waals surface area contributed by atoms with E-state index in [1.54, 1.807) is 12.3 Å². The van der Waals surface area contributed by atoms with E-state index in [1.807, 2.05) is 23.1 Å². The molecule has 3 heterocycles. The maximum atomic E-state index is 12.8. The number of nitrogens with zero attached hydrogens (tertiary/aromatic N) is 3. The van der Waals surface area contributed by atoms with Gasteiger partial charge >= 0.3 is 0 Å². The number of likely N-dealkylation sites (tertiary alicyclic amines) is 1. The zero-order valence-electron chi connectivity index (χ0n) is 16.3. The van der Waals surface area contributed by atoms with Crippen LogP contribution in [-0.2, 0) is 16.0 Å². The zero-order valence-corrected chi connectivity index (χ0v) is 17.8. The molecule has 0 saturated carbocycles. The first-order valence-electron chi connectivity index (χ1n) is 9.94. The molecule has 2 aliphatic heterocycles. The molecule has 0 aliphatic carbocycles. The Hall–Kier alpha value is -2.11. The average Bonchev–Trinajstić information content (AvgIpc) is 2.69. The van der Waals surface area contributed by atoms with Gasteiger partial charge in [0.05, 0.1) is 0 Å². The van der Waals surface area contributed by atoms with E-state index in [9.17, 15) is 9.59 Å². The Bertz CT molecular complexity index is 935. The molecule has 2 amide bonds. The van der Waals surface area contributed by atoms with Gasteiger partial charge in [-0.2, -0.15) is 0 Å². The highest BCUT2D eigenvalue weighted by molar-refractivity contribution is 6.35. The van der Waals surface area contributed by atoms with Gasteiger partial charge in [-0.25, -0.2) is 4.98 Å². The zero-order chi connectivity index (χ0) is 20.5. The molecule has 0 spiro atoms. The SMILES string of the molecule is CC1CCN(C(=O)CN2C(=O)CCc3cc(-c4cc(Cl)cc(Cl)c4)cnc32)CC1. The van der Waals surface area contributed by atoms with E-state index >= 15 is 0 Å². The topological polar surface area (TPSA) is 53.5 Å². The second-order valence-corrected chi connectivity index (χ2v) is 8.78. The molecule has 1 aromatic heterocycles. The highest BCUT2D eigenvalue weighted by atomic mass is 35.5. The summed E-state index contributed by atoms with van der Waals surface area (Å²) in [5.41, 5.74) is 2.72. The van der Waals surface area contributed by atoms with Gasteiger partial charge in [-0.05, 0) is 60.6 Å². The molecular formula is C22H23Cl2N3O2. The number of halogens is 2. The first-order valence-corrected chi connectivity index (χ1v) is 10.7. The summed E-state index contributed by atoms with van der Waals surface area (Å²) < 4.78 is 0. The van der Waals surface area contributed by atoms with Crippen molar-refractivity contribution in [2.24, 2.45) is 5.92 Å². The summed E-state index contributed by atoms with van der Waals surface area (Å²) >= 11 is 12.3. The Kier molecular flexibility index (Phi) is 5.79. The molecule has 0 atom stereocenters. The lowest BCUT2D eigenvalue weighted by molar-refractivity contribution is -0.132. The number of aryl methyl sites for hydroxylation is 1. The molecular weight excluding hydrogens is 409 g/mol. The molecule has 0 bridgehead atoms. The lowest BCUT2D eigenvalue weighted by Crippen LogP contribution is -2.47. The van der Waals surface area contributed by atoms with Crippen LogP contribution >= 0.6 is 23.2 Å². The number of rotatable bonds is 3. The number of amides is 2. The third kappa shape index (κ3) is 4.41. The lowest BCUT2D eigenvalue weighted by Gasteiger charge is -2.33. The maximum Gasteiger partial charge on any atom is 0.242 e. The first-order chi connectivity index (χ1) is 13.9. The molecule has 29 heavy (non-hydrogen) atoms. The fourth-order valence-electron chi connectivity index (χ4n) is 3.96. The van der Waals surface area contributed by atoms with Gasteiger partial charge in [0.25, 0.3) is 0 Å². The van der Waals surface area contributed by atoms with Crippen molar-refractivity contribution in [2.45, 2.75) is 32.6 Å². The smallest absolute Gasteiger partial charge is 0.242 e. The molecule has 152 valence electrons. The van der Waals surface area contributed by atoms with Crippen molar-refractivity contribution < 1.29 is 9.59 Å². The van der Waals surface area contributed by atoms with E-state index in [1.165, 1.54) is 4.90 Å². The normalized spacial score (nSPS) is 17.4. The number of hydrogen-bond acceptors (Lipinski definition) is 3. The van der Waals surface area contributed by atoms with Crippen molar-refractivity contribution in [1.82, 2.24) is 9.88 Å². The van der Waals surface area contributed by atoms with Gasteiger partial charge in [-0.3, -0.25) is 14.5 Å². The van der Waals surface area contributed by atoms with Crippen LogP contribution in [0.4, 0.5) is 5.82 Å². The predicted octanol–water partition coefficient (Wildman–Crippen LogP) is 4.59. The fraction of sp³-hybridized carbons (Fsp3) is 0.409. The van der Waals surface area contributed by atoms with E-state index in [0.29, 0.717) is 34.6 Å². The summed E-state index contributed by atoms with van der Waals surface area (Å²) in [6.45, 7) is 3.78. The summed E-state index contributed by atoms with van der Waals surface area (Å²) in [5, 5.41) is 1.12. The highest BCUT2D eigenvalue weighted by Gasteiger charge is 2.30. The molecule has 2 aromatic rings. The van der Waals surface area contributed by atoms with Crippen LogP contribution in [0.25, 0.3) is 11.1 Å². The van der Waals surface area contributed by atoms with Crippen LogP contribution in [0, 0.1) is 5.92 Å². The molecule has 4 rings (SSSR count). The number of hydrogen-bond donors (Lipinski definition) is 0. The molecule has 1 fully saturated rings. The van der Waals surface area contributed by atoms with Crippen molar-refractivity contribution in [3.8, 4) is 11.1 Å². The largest absolute Gasteiger partial charge is 0.341 e. The van der Waals surface area contributed by atoms with E-state index in [-0.39, 0.29) is 18.4 Å². The molecule has 0 N–H and O–H groups in total. The van der Waals surface area contributed by atoms with E-state index in [0.717, 1.165) is 42.6 Å². The number of carbonyl (C=O) groups excluding carboxylic acids is 2. The molecule has 1 saturated heterocycles. The van der Waals surface area contributed by atoms with Crippen molar-refractivity contribution >= 4 is 40.8 Å². The molecule has 2 aliphatic rings. The van der Waals surface area contributed by atoms with E-state index in [2.05, 4.69) is 11.9 Å². The Morgan fingerprint density at radius 3 is 2.45 bits per heavy atom. The molecule has 5 nitrogen and oxygen atoms in total. The Morgan fingerprint density at radius 1 is 1.07 bits per heavy atom. The number of piperidine rings is 1. The minimum absolute atomic E-state index is 0.00870. The molecule has 0 unspecified atom stereocenters. The molecule has 7 heteroatoms. The number of fused-ring (bicyclic) bond motifs is 1. The first kappa shape index (κ1) is 20.2. The van der Waals surface area contributed by atoms with E-state index < -0.39 is 0 Å². The Balaban J connectivity index is 1.57. The van der Waals surface area contributed by atoms with Crippen molar-refractivity contribution in [2.75, 3.05) is 24.5 Å². The number of benzene rings is 1. The standard InChI is InChI=1S/C22H23Cl2N3O2/c1-14-4-6-26(7-5-14)21(29)13-27-20(28)3-2-15-8-17(12-25-22(15)27)16-9-18(23)11-19(24)10-16/h8-12,14H,2-7,13H2,1H3. The van der Waals surface area contributed by atoms with Crippen LogP contribution < -0.4 is 4.90 Å². The van der Waals surface area contributed by atoms with Crippen LogP contribution in [0.2, 0.25) is 10.0 Å². The van der Waals surface area contributed by atoms with Crippen LogP contribution in [-0.4, -0.2) is 41.3 Å². The Labute approximate surface area is 180 Å². The van der Waals surface area contributed by atoms with E-state index in [4.69, 9.17) is 23.2 Å². The number of pyridine rings is 1. The van der Waals surface area contributed by atoms with Crippen LogP contribution in [0.3, 0.4) is 0 Å². The number of aromatic nitrogens is 1. The summed E-state index contributed by atoms with van der Waals surface area (Å²) in [4.78, 5) is 33.3.